The number of carbonyl (C=O) groups excluding carboxylic acids is 2. The second kappa shape index (κ2) is 13.3. The van der Waals surface area contributed by atoms with Crippen LogP contribution in [0.15, 0.2) is 76.1 Å². The third-order valence-electron chi connectivity index (χ3n) is 6.40. The summed E-state index contributed by atoms with van der Waals surface area (Å²) in [6.45, 7) is 4.17. The summed E-state index contributed by atoms with van der Waals surface area (Å²) in [5, 5.41) is 55.9. The van der Waals surface area contributed by atoms with Crippen LogP contribution in [-0.4, -0.2) is 81.8 Å². The van der Waals surface area contributed by atoms with Crippen LogP contribution in [0.5, 0.6) is 11.5 Å². The molecule has 16 heteroatoms. The summed E-state index contributed by atoms with van der Waals surface area (Å²) < 4.78 is 4.80. The predicted octanol–water partition coefficient (Wildman–Crippen LogP) is 1.78. The molecule has 0 fully saturated rings. The van der Waals surface area contributed by atoms with Gasteiger partial charge in [0.2, 0.25) is 0 Å². The Kier molecular flexibility index (Phi) is 8.93. The second-order valence-electron chi connectivity index (χ2n) is 9.71. The highest BCUT2D eigenvalue weighted by atomic mass is 16.5. The van der Waals surface area contributed by atoms with Crippen molar-refractivity contribution in [2.45, 2.75) is 27.2 Å². The van der Waals surface area contributed by atoms with Gasteiger partial charge in [-0.1, -0.05) is 6.08 Å². The van der Waals surface area contributed by atoms with E-state index in [-0.39, 0.29) is 11.5 Å². The second-order valence-corrected chi connectivity index (χ2v) is 9.71. The number of phenolic OH excluding ortho intramolecular Hbond substituents is 2. The molecule has 2 heterocycles. The Morgan fingerprint density at radius 1 is 0.933 bits per heavy atom. The molecular formula is C29H27N11O5. The molecule has 16 nitrogen and oxygen atoms in total. The maximum absolute atomic E-state index is 12.4. The molecule has 3 N–H and O–H groups in total. The molecule has 0 atom stereocenters. The summed E-state index contributed by atoms with van der Waals surface area (Å²) in [5.41, 5.74) is 3.51. The fraction of sp³-hybridized carbons (Fsp3) is 0.172. The molecule has 1 aliphatic carbocycles. The summed E-state index contributed by atoms with van der Waals surface area (Å²) in [6.07, 6.45) is 8.70. The van der Waals surface area contributed by atoms with Crippen molar-refractivity contribution >= 4 is 29.9 Å². The average molecular weight is 610 g/mol. The number of aromatic hydroxyl groups is 2. The number of aryl methyl sites for hydroxylation is 2. The highest BCUT2D eigenvalue weighted by Gasteiger charge is 2.20. The van der Waals surface area contributed by atoms with E-state index in [1.165, 1.54) is 41.1 Å². The van der Waals surface area contributed by atoms with E-state index in [0.29, 0.717) is 57.2 Å². The SMILES string of the molecule is CC(=O)OCC(=O)NC1=CC(=C(c2cc(/C=N/n3nnnc3C)ccc2O)c2cc(/C=N/n3nnnc3C)ccc2O)CC=C1. The number of amides is 1. The highest BCUT2D eigenvalue weighted by Crippen LogP contribution is 2.40. The molecular weight excluding hydrogens is 582 g/mol. The van der Waals surface area contributed by atoms with Gasteiger partial charge in [-0.05, 0) is 112 Å². The number of phenols is 2. The first-order valence-corrected chi connectivity index (χ1v) is 13.5. The number of aromatic nitrogens is 8. The van der Waals surface area contributed by atoms with Gasteiger partial charge in [-0.25, -0.2) is 0 Å². The largest absolute Gasteiger partial charge is 0.507 e. The first-order valence-electron chi connectivity index (χ1n) is 13.5. The Hall–Kier alpha value is -6.32. The molecule has 0 spiro atoms. The number of rotatable bonds is 9. The molecule has 4 aromatic rings. The van der Waals surface area contributed by atoms with Gasteiger partial charge >= 0.3 is 5.97 Å². The zero-order chi connectivity index (χ0) is 31.9. The van der Waals surface area contributed by atoms with Crippen LogP contribution in [0.4, 0.5) is 0 Å². The molecule has 0 bridgehead atoms. The molecule has 2 aromatic carbocycles. The van der Waals surface area contributed by atoms with Crippen molar-refractivity contribution in [3.63, 3.8) is 0 Å². The Balaban J connectivity index is 1.62. The average Bonchev–Trinajstić information content (AvgIpc) is 3.63. The normalized spacial score (nSPS) is 13.0. The van der Waals surface area contributed by atoms with Gasteiger partial charge in [-0.2, -0.15) is 10.2 Å². The van der Waals surface area contributed by atoms with Crippen molar-refractivity contribution in [1.29, 1.82) is 0 Å². The molecule has 2 aromatic heterocycles. The molecule has 0 aliphatic heterocycles. The maximum Gasteiger partial charge on any atom is 0.303 e. The number of hydrogen-bond acceptors (Lipinski definition) is 13. The number of benzene rings is 2. The van der Waals surface area contributed by atoms with Gasteiger partial charge in [0.05, 0.1) is 12.4 Å². The minimum atomic E-state index is -0.579. The van der Waals surface area contributed by atoms with Crippen molar-refractivity contribution in [3.8, 4) is 11.5 Å². The Morgan fingerprint density at radius 3 is 1.98 bits per heavy atom. The van der Waals surface area contributed by atoms with E-state index in [1.807, 2.05) is 6.08 Å². The van der Waals surface area contributed by atoms with Gasteiger partial charge in [0.1, 0.15) is 11.5 Å². The molecule has 1 aliphatic rings. The number of nitrogens with one attached hydrogen (secondary N) is 1. The molecule has 0 saturated carbocycles. The van der Waals surface area contributed by atoms with Crippen LogP contribution in [0.1, 0.15) is 47.2 Å². The molecule has 0 unspecified atom stereocenters. The lowest BCUT2D eigenvalue weighted by Gasteiger charge is -2.19. The standard InChI is InChI=1S/C29H27N11O5/c1-17-33-35-37-39(17)30-14-20-7-9-26(42)24(11-20)29(22-5-4-6-23(13-22)32-28(44)16-45-19(3)41)25-12-21(8-10-27(25)43)15-31-40-18(2)34-36-38-40/h4,6-15,42-43H,5,16H2,1-3H3,(H,32,44)/b30-14+,31-15+. The van der Waals surface area contributed by atoms with E-state index in [9.17, 15) is 19.8 Å². The summed E-state index contributed by atoms with van der Waals surface area (Å²) in [7, 11) is 0. The molecule has 228 valence electrons. The Bertz CT molecular complexity index is 1810. The van der Waals surface area contributed by atoms with Crippen LogP contribution in [0.3, 0.4) is 0 Å². The van der Waals surface area contributed by atoms with Crippen molar-refractivity contribution in [2.75, 3.05) is 6.61 Å². The summed E-state index contributed by atoms with van der Waals surface area (Å²) >= 11 is 0. The van der Waals surface area contributed by atoms with Gasteiger partial charge in [-0.3, -0.25) is 9.59 Å². The zero-order valence-electron chi connectivity index (χ0n) is 24.4. The molecule has 0 saturated heterocycles. The Labute approximate surface area is 255 Å². The third kappa shape index (κ3) is 7.37. The Morgan fingerprint density at radius 2 is 1.49 bits per heavy atom. The predicted molar refractivity (Wildman–Crippen MR) is 160 cm³/mol. The minimum absolute atomic E-state index is 0.0700. The van der Waals surface area contributed by atoms with Crippen molar-refractivity contribution < 1.29 is 24.5 Å². The first kappa shape index (κ1) is 30.1. The van der Waals surface area contributed by atoms with Gasteiger partial charge in [-0.15, -0.1) is 19.8 Å². The van der Waals surface area contributed by atoms with Crippen molar-refractivity contribution in [2.24, 2.45) is 10.2 Å². The van der Waals surface area contributed by atoms with E-state index in [2.05, 4.69) is 46.6 Å². The number of allylic oxidation sites excluding steroid dienone is 4. The van der Waals surface area contributed by atoms with Gasteiger partial charge in [0.25, 0.3) is 5.91 Å². The topological polar surface area (TPSA) is 208 Å². The van der Waals surface area contributed by atoms with E-state index in [0.717, 1.165) is 0 Å². The third-order valence-corrected chi connectivity index (χ3v) is 6.40. The smallest absolute Gasteiger partial charge is 0.303 e. The molecule has 5 rings (SSSR count). The van der Waals surface area contributed by atoms with Crippen LogP contribution in [0, 0.1) is 13.8 Å². The van der Waals surface area contributed by atoms with Crippen LogP contribution in [0.25, 0.3) is 5.57 Å². The fourth-order valence-electron chi connectivity index (χ4n) is 4.29. The minimum Gasteiger partial charge on any atom is -0.507 e. The van der Waals surface area contributed by atoms with E-state index >= 15 is 0 Å². The molecule has 1 amide bonds. The van der Waals surface area contributed by atoms with Crippen LogP contribution < -0.4 is 5.32 Å². The highest BCUT2D eigenvalue weighted by molar-refractivity contribution is 5.93. The first-order chi connectivity index (χ1) is 21.7. The van der Waals surface area contributed by atoms with Gasteiger partial charge < -0.3 is 20.3 Å². The van der Waals surface area contributed by atoms with Crippen LogP contribution >= 0.6 is 0 Å². The number of carbonyl (C=O) groups is 2. The van der Waals surface area contributed by atoms with E-state index < -0.39 is 18.5 Å². The van der Waals surface area contributed by atoms with E-state index in [1.54, 1.807) is 50.3 Å². The van der Waals surface area contributed by atoms with E-state index in [4.69, 9.17) is 4.74 Å². The monoisotopic (exact) mass is 609 g/mol. The van der Waals surface area contributed by atoms with Gasteiger partial charge in [0, 0.05) is 23.7 Å². The summed E-state index contributed by atoms with van der Waals surface area (Å²) in [6, 6.07) is 9.76. The van der Waals surface area contributed by atoms with Crippen LogP contribution in [0.2, 0.25) is 0 Å². The molecule has 45 heavy (non-hydrogen) atoms. The number of hydrogen-bond donors (Lipinski definition) is 3. The zero-order valence-corrected chi connectivity index (χ0v) is 24.4. The number of esters is 1. The lowest BCUT2D eigenvalue weighted by Crippen LogP contribution is -2.27. The van der Waals surface area contributed by atoms with Gasteiger partial charge in [0.15, 0.2) is 18.3 Å². The number of ether oxygens (including phenoxy) is 1. The lowest BCUT2D eigenvalue weighted by atomic mass is 9.87. The summed E-state index contributed by atoms with van der Waals surface area (Å²) in [5.74, 6) is -0.281. The maximum atomic E-state index is 12.4. The number of nitrogens with zero attached hydrogens (tertiary/aromatic N) is 10. The number of tetrazole rings is 2. The van der Waals surface area contributed by atoms with Crippen molar-refractivity contribution in [3.05, 3.63) is 99.8 Å². The quantitative estimate of drug-likeness (QED) is 0.184. The lowest BCUT2D eigenvalue weighted by molar-refractivity contribution is -0.146. The van der Waals surface area contributed by atoms with Crippen LogP contribution in [-0.2, 0) is 14.3 Å². The fourth-order valence-corrected chi connectivity index (χ4v) is 4.29. The molecule has 0 radical (unpaired) electrons. The summed E-state index contributed by atoms with van der Waals surface area (Å²) in [4.78, 5) is 26.1. The van der Waals surface area contributed by atoms with Crippen molar-refractivity contribution in [1.82, 2.24) is 45.9 Å².